The van der Waals surface area contributed by atoms with E-state index in [-0.39, 0.29) is 67.8 Å². The fourth-order valence-corrected chi connectivity index (χ4v) is 12.6. The number of hydrogen-bond acceptors (Lipinski definition) is 9. The lowest BCUT2D eigenvalue weighted by molar-refractivity contribution is -0.132. The van der Waals surface area contributed by atoms with Gasteiger partial charge in [0, 0.05) is 97.3 Å². The number of amides is 2. The summed E-state index contributed by atoms with van der Waals surface area (Å²) in [6.45, 7) is 52.5. The lowest BCUT2D eigenvalue weighted by Crippen LogP contribution is -2.35. The predicted molar refractivity (Wildman–Crippen MR) is 353 cm³/mol. The van der Waals surface area contributed by atoms with Crippen molar-refractivity contribution in [3.05, 3.63) is 0 Å². The fraction of sp³-hybridized carbons (Fsp3) is 0.905. The topological polar surface area (TPSA) is 162 Å². The Kier molecular flexibility index (Phi) is 33.6. The van der Waals surface area contributed by atoms with Crippen molar-refractivity contribution < 1.29 is 43.0 Å². The van der Waals surface area contributed by atoms with Crippen molar-refractivity contribution in [3.8, 4) is 0 Å². The third-order valence-electron chi connectivity index (χ3n) is 17.3. The molecule has 0 radical (unpaired) electrons. The van der Waals surface area contributed by atoms with E-state index in [0.717, 1.165) is 122 Å². The summed E-state index contributed by atoms with van der Waals surface area (Å²) in [5, 5.41) is 6.01. The average Bonchev–Trinajstić information content (AvgIpc) is 4.05. The van der Waals surface area contributed by atoms with E-state index in [0.29, 0.717) is 96.8 Å². The lowest BCUT2D eigenvalue weighted by Gasteiger charge is -2.34. The fourth-order valence-electron chi connectivity index (χ4n) is 12.6. The number of carbonyl (C=O) groups excluding carboxylic acids is 7. The normalized spacial score (nSPS) is 23.6. The highest BCUT2D eigenvalue weighted by atomic mass is 16.5. The molecule has 0 aromatic rings. The zero-order valence-corrected chi connectivity index (χ0v) is 59.9. The summed E-state index contributed by atoms with van der Waals surface area (Å²) in [6.07, 6.45) is 22.0. The van der Waals surface area contributed by atoms with Gasteiger partial charge in [-0.05, 0) is 198 Å². The first-order valence-corrected chi connectivity index (χ1v) is 34.1. The predicted octanol–water partition coefficient (Wildman–Crippen LogP) is 17.9. The quantitative estimate of drug-likeness (QED) is 0.107. The van der Waals surface area contributed by atoms with E-state index >= 15 is 0 Å². The van der Waals surface area contributed by atoms with Crippen LogP contribution in [0.3, 0.4) is 0 Å². The first-order chi connectivity index (χ1) is 38.6. The summed E-state index contributed by atoms with van der Waals surface area (Å²) in [4.78, 5) is 85.2. The molecule has 2 N–H and O–H groups in total. The van der Waals surface area contributed by atoms with E-state index in [1.54, 1.807) is 0 Å². The van der Waals surface area contributed by atoms with Crippen LogP contribution in [0.25, 0.3) is 0 Å². The molecule has 0 saturated heterocycles. The summed E-state index contributed by atoms with van der Waals surface area (Å²) in [5.41, 5.74) is -0.530. The van der Waals surface area contributed by atoms with Gasteiger partial charge in [0.1, 0.15) is 28.9 Å². The van der Waals surface area contributed by atoms with Gasteiger partial charge in [-0.2, -0.15) is 0 Å². The Bertz CT molecular complexity index is 2010. The van der Waals surface area contributed by atoms with E-state index in [2.05, 4.69) is 72.9 Å². The summed E-state index contributed by atoms with van der Waals surface area (Å²) < 4.78 is 11.3. The van der Waals surface area contributed by atoms with Gasteiger partial charge in [0.05, 0.1) is 11.2 Å². The standard InChI is InChI=1S/C20H37NO3.C20H36O3.C18H33NO2.C16H30O/c1-19(2,3)18(23)16-10-8-15(9-11-16)14-17(22)21-12-7-13-24-20(4,5)6;1-19(2,3)18(22)16-11-10-15(13-16)14-17(21)9-7-8-12-23-20(4,5)6;1-17(2,3)12-19-15(20)11-13-7-9-14(10-8-13)16(21)18(4,5)6;1-15(2,3)11-12-7-9-13(10-8-12)14(17)16(4,5)6/h15-16H,7-14H2,1-6H3,(H,21,22);15-16H,7-14H2,1-6H3;13-14H,7-12H2,1-6H3,(H,19,20);12-13H,7-11H2,1-6H3. The molecule has 4 rings (SSSR count). The molecule has 4 aliphatic carbocycles. The third-order valence-corrected chi connectivity index (χ3v) is 17.3. The van der Waals surface area contributed by atoms with Gasteiger partial charge >= 0.3 is 0 Å². The molecule has 0 aliphatic heterocycles. The van der Waals surface area contributed by atoms with Crippen molar-refractivity contribution in [1.29, 1.82) is 0 Å². The lowest BCUT2D eigenvalue weighted by atomic mass is 9.70. The minimum absolute atomic E-state index is 0.0948. The molecule has 496 valence electrons. The van der Waals surface area contributed by atoms with Crippen molar-refractivity contribution >= 4 is 40.7 Å². The average molecular weight is 1200 g/mol. The Balaban J connectivity index is 0.000000571. The highest BCUT2D eigenvalue weighted by Crippen LogP contribution is 2.41. The maximum absolute atomic E-state index is 12.3. The number of carbonyl (C=O) groups is 7. The molecule has 85 heavy (non-hydrogen) atoms. The number of ether oxygens (including phenoxy) is 2. The number of Topliss-reactive ketones (excluding diaryl/α,β-unsaturated/α-hetero) is 5. The molecule has 0 bridgehead atoms. The van der Waals surface area contributed by atoms with Gasteiger partial charge < -0.3 is 20.1 Å². The molecular weight excluding hydrogens is 1060 g/mol. The number of hydrogen-bond donors (Lipinski definition) is 2. The van der Waals surface area contributed by atoms with Gasteiger partial charge in [0.15, 0.2) is 0 Å². The summed E-state index contributed by atoms with van der Waals surface area (Å²) >= 11 is 0. The monoisotopic (exact) mass is 1200 g/mol. The van der Waals surface area contributed by atoms with Gasteiger partial charge in [-0.25, -0.2) is 0 Å². The Morgan fingerprint density at radius 1 is 0.353 bits per heavy atom. The van der Waals surface area contributed by atoms with Crippen LogP contribution in [-0.2, 0) is 43.0 Å². The highest BCUT2D eigenvalue weighted by Gasteiger charge is 2.38. The highest BCUT2D eigenvalue weighted by molar-refractivity contribution is 5.88. The Hall–Kier alpha value is -2.79. The van der Waals surface area contributed by atoms with Crippen LogP contribution in [0.1, 0.15) is 314 Å². The zero-order chi connectivity index (χ0) is 65.6. The van der Waals surface area contributed by atoms with E-state index < -0.39 is 0 Å². The van der Waals surface area contributed by atoms with Crippen molar-refractivity contribution in [3.63, 3.8) is 0 Å². The molecule has 4 fully saturated rings. The van der Waals surface area contributed by atoms with E-state index in [1.165, 1.54) is 19.3 Å². The first kappa shape index (κ1) is 80.2. The Labute approximate surface area is 523 Å². The molecule has 0 heterocycles. The van der Waals surface area contributed by atoms with Gasteiger partial charge in [0.25, 0.3) is 0 Å². The maximum atomic E-state index is 12.3. The second-order valence-electron chi connectivity index (χ2n) is 35.3. The molecule has 2 atom stereocenters. The number of nitrogens with one attached hydrogen (secondary N) is 2. The molecule has 0 aromatic heterocycles. The Morgan fingerprint density at radius 2 is 0.682 bits per heavy atom. The minimum atomic E-state index is -0.253. The van der Waals surface area contributed by atoms with Gasteiger partial charge in [-0.3, -0.25) is 33.6 Å². The summed E-state index contributed by atoms with van der Waals surface area (Å²) in [7, 11) is 0. The largest absolute Gasteiger partial charge is 0.376 e. The van der Waals surface area contributed by atoms with Crippen LogP contribution >= 0.6 is 0 Å². The maximum Gasteiger partial charge on any atom is 0.220 e. The first-order valence-electron chi connectivity index (χ1n) is 34.1. The van der Waals surface area contributed by atoms with Gasteiger partial charge in [0.2, 0.25) is 11.8 Å². The SMILES string of the molecule is CC(C)(C)CC1CCC(C(=O)C(C)(C)C)CC1.CC(C)(C)CNC(=O)CC1CCC(C(=O)C(C)(C)C)CC1.CC(C)(C)OCCCCC(=O)CC1CCC(C(=O)C(C)(C)C)C1.CC(C)(C)OCCCNC(=O)CC1CCC(C(=O)C(C)(C)C)CC1. The molecule has 4 saturated carbocycles. The second kappa shape index (κ2) is 35.6. The molecule has 2 unspecified atom stereocenters. The molecule has 11 heteroatoms. The van der Waals surface area contributed by atoms with Crippen LogP contribution in [0.4, 0.5) is 0 Å². The summed E-state index contributed by atoms with van der Waals surface area (Å²) in [5.74, 6) is 5.33. The van der Waals surface area contributed by atoms with Gasteiger partial charge in [-0.15, -0.1) is 0 Å². The zero-order valence-electron chi connectivity index (χ0n) is 59.9. The third kappa shape index (κ3) is 37.1. The van der Waals surface area contributed by atoms with Crippen LogP contribution in [0.2, 0.25) is 0 Å². The van der Waals surface area contributed by atoms with Crippen molar-refractivity contribution in [2.75, 3.05) is 26.3 Å². The van der Waals surface area contributed by atoms with Crippen molar-refractivity contribution in [2.45, 2.75) is 325 Å². The van der Waals surface area contributed by atoms with Crippen LogP contribution in [0.5, 0.6) is 0 Å². The summed E-state index contributed by atoms with van der Waals surface area (Å²) in [6, 6.07) is 0. The van der Waals surface area contributed by atoms with E-state index in [9.17, 15) is 33.6 Å². The minimum Gasteiger partial charge on any atom is -0.376 e. The molecular formula is C74H136N2O9. The van der Waals surface area contributed by atoms with Crippen LogP contribution < -0.4 is 10.6 Å². The molecule has 0 spiro atoms. The second-order valence-corrected chi connectivity index (χ2v) is 35.3. The smallest absolute Gasteiger partial charge is 0.220 e. The van der Waals surface area contributed by atoms with E-state index in [4.69, 9.17) is 9.47 Å². The molecule has 11 nitrogen and oxygen atoms in total. The van der Waals surface area contributed by atoms with Gasteiger partial charge in [-0.1, -0.05) is 125 Å². The Morgan fingerprint density at radius 3 is 1.04 bits per heavy atom. The molecule has 2 amide bonds. The van der Waals surface area contributed by atoms with Crippen molar-refractivity contribution in [1.82, 2.24) is 10.6 Å². The van der Waals surface area contributed by atoms with Crippen LogP contribution in [0.15, 0.2) is 0 Å². The molecule has 4 aliphatic rings. The van der Waals surface area contributed by atoms with Crippen LogP contribution in [-0.4, -0.2) is 78.2 Å². The van der Waals surface area contributed by atoms with Crippen molar-refractivity contribution in [2.24, 2.45) is 79.8 Å². The van der Waals surface area contributed by atoms with E-state index in [1.807, 2.05) is 104 Å². The number of unbranched alkanes of at least 4 members (excludes halogenated alkanes) is 1. The molecule has 0 aromatic carbocycles. The van der Waals surface area contributed by atoms with Crippen LogP contribution in [0, 0.1) is 79.8 Å². The number of rotatable bonds is 21. The number of ketones is 5.